The van der Waals surface area contributed by atoms with Crippen LogP contribution in [0, 0.1) is 5.92 Å². The molecule has 3 rings (SSSR count). The number of benzene rings is 2. The first-order valence-corrected chi connectivity index (χ1v) is 10.9. The van der Waals surface area contributed by atoms with Gasteiger partial charge in [0.25, 0.3) is 0 Å². The zero-order chi connectivity index (χ0) is 22.4. The zero-order valence-corrected chi connectivity index (χ0v) is 19.1. The lowest BCUT2D eigenvalue weighted by molar-refractivity contribution is -0.141. The van der Waals surface area contributed by atoms with E-state index in [1.54, 1.807) is 11.0 Å². The lowest BCUT2D eigenvalue weighted by Gasteiger charge is -2.22. The number of anilines is 1. The van der Waals surface area contributed by atoms with Gasteiger partial charge < -0.3 is 19.7 Å². The maximum absolute atomic E-state index is 13.0. The van der Waals surface area contributed by atoms with Gasteiger partial charge in [0.1, 0.15) is 5.75 Å². The quantitative estimate of drug-likeness (QED) is 0.573. The number of esters is 1. The van der Waals surface area contributed by atoms with E-state index >= 15 is 0 Å². The van der Waals surface area contributed by atoms with E-state index in [-0.39, 0.29) is 31.2 Å². The Morgan fingerprint density at radius 2 is 2.00 bits per heavy atom. The topological polar surface area (TPSA) is 84.9 Å². The summed E-state index contributed by atoms with van der Waals surface area (Å²) in [5.41, 5.74) is 1.43. The van der Waals surface area contributed by atoms with E-state index in [9.17, 15) is 14.4 Å². The number of para-hydroxylation sites is 2. The molecule has 164 valence electrons. The van der Waals surface area contributed by atoms with E-state index < -0.39 is 17.9 Å². The Balaban J connectivity index is 1.76. The Kier molecular flexibility index (Phi) is 7.68. The van der Waals surface area contributed by atoms with Crippen molar-refractivity contribution in [3.8, 4) is 5.75 Å². The van der Waals surface area contributed by atoms with Gasteiger partial charge in [0.15, 0.2) is 0 Å². The van der Waals surface area contributed by atoms with Crippen LogP contribution in [0.4, 0.5) is 5.69 Å². The lowest BCUT2D eigenvalue weighted by Crippen LogP contribution is -2.36. The van der Waals surface area contributed by atoms with E-state index in [0.717, 1.165) is 10.0 Å². The molecule has 0 saturated carbocycles. The molecule has 8 heteroatoms. The van der Waals surface area contributed by atoms with Crippen LogP contribution in [0.3, 0.4) is 0 Å². The van der Waals surface area contributed by atoms with Crippen LogP contribution in [0.2, 0.25) is 0 Å². The highest BCUT2D eigenvalue weighted by Crippen LogP contribution is 2.33. The molecule has 0 aromatic heterocycles. The number of rotatable bonds is 8. The number of amides is 2. The summed E-state index contributed by atoms with van der Waals surface area (Å²) < 4.78 is 11.3. The minimum absolute atomic E-state index is 0.00372. The maximum atomic E-state index is 13.0. The van der Waals surface area contributed by atoms with Crippen LogP contribution in [0.25, 0.3) is 0 Å². The average Bonchev–Trinajstić information content (AvgIpc) is 3.15. The van der Waals surface area contributed by atoms with Crippen LogP contribution in [-0.4, -0.2) is 38.0 Å². The summed E-state index contributed by atoms with van der Waals surface area (Å²) in [7, 11) is 1.31. The summed E-state index contributed by atoms with van der Waals surface area (Å²) in [4.78, 5) is 39.2. The molecule has 2 atom stereocenters. The third kappa shape index (κ3) is 5.64. The van der Waals surface area contributed by atoms with Gasteiger partial charge in [-0.2, -0.15) is 0 Å². The highest BCUT2D eigenvalue weighted by atomic mass is 79.9. The lowest BCUT2D eigenvalue weighted by atomic mass is 10.0. The Morgan fingerprint density at radius 1 is 1.23 bits per heavy atom. The zero-order valence-electron chi connectivity index (χ0n) is 17.5. The fourth-order valence-electron chi connectivity index (χ4n) is 3.59. The van der Waals surface area contributed by atoms with Crippen LogP contribution >= 0.6 is 15.9 Å². The van der Waals surface area contributed by atoms with Crippen LogP contribution in [0.15, 0.2) is 53.0 Å². The molecule has 0 aliphatic carbocycles. The first-order valence-electron chi connectivity index (χ1n) is 10.1. The summed E-state index contributed by atoms with van der Waals surface area (Å²) >= 11 is 3.42. The third-order valence-electron chi connectivity index (χ3n) is 5.12. The fraction of sp³-hybridized carbons (Fsp3) is 0.348. The molecule has 7 nitrogen and oxygen atoms in total. The van der Waals surface area contributed by atoms with Crippen molar-refractivity contribution in [2.45, 2.75) is 25.8 Å². The van der Waals surface area contributed by atoms with Crippen LogP contribution < -0.4 is 15.0 Å². The predicted molar refractivity (Wildman–Crippen MR) is 120 cm³/mol. The number of nitrogens with one attached hydrogen (secondary N) is 1. The number of halogens is 1. The summed E-state index contributed by atoms with van der Waals surface area (Å²) in [6, 6.07) is 14.1. The van der Waals surface area contributed by atoms with Gasteiger partial charge in [-0.25, -0.2) is 0 Å². The highest BCUT2D eigenvalue weighted by molar-refractivity contribution is 9.10. The number of nitrogens with zero attached hydrogens (tertiary/aromatic N) is 1. The summed E-state index contributed by atoms with van der Waals surface area (Å²) in [6.45, 7) is 2.60. The van der Waals surface area contributed by atoms with Crippen LogP contribution in [0.1, 0.15) is 31.4 Å². The second-order valence-electron chi connectivity index (χ2n) is 7.20. The summed E-state index contributed by atoms with van der Waals surface area (Å²) in [5, 5.41) is 2.93. The molecular weight excluding hydrogens is 464 g/mol. The van der Waals surface area contributed by atoms with Gasteiger partial charge >= 0.3 is 5.97 Å². The Bertz CT molecular complexity index is 964. The van der Waals surface area contributed by atoms with Crippen molar-refractivity contribution >= 4 is 39.4 Å². The molecule has 0 spiro atoms. The molecule has 1 fully saturated rings. The number of carbonyl (C=O) groups is 3. The molecule has 1 saturated heterocycles. The number of hydrogen-bond acceptors (Lipinski definition) is 5. The second-order valence-corrected chi connectivity index (χ2v) is 8.12. The van der Waals surface area contributed by atoms with Gasteiger partial charge in [0, 0.05) is 17.4 Å². The standard InChI is InChI=1S/C23H25BrN2O5/c1-3-31-20-10-5-4-9-19(20)26-14-16(12-21(26)27)23(29)25-18(13-22(28)30-2)15-7-6-8-17(24)11-15/h4-11,16,18H,3,12-14H2,1-2H3,(H,25,29). The molecule has 2 amide bonds. The average molecular weight is 489 g/mol. The fourth-order valence-corrected chi connectivity index (χ4v) is 4.01. The van der Waals surface area contributed by atoms with Crippen molar-refractivity contribution < 1.29 is 23.9 Å². The predicted octanol–water partition coefficient (Wildman–Crippen LogP) is 3.62. The number of ether oxygens (including phenoxy) is 2. The largest absolute Gasteiger partial charge is 0.492 e. The molecule has 1 aliphatic heterocycles. The molecule has 1 heterocycles. The van der Waals surface area contributed by atoms with Crippen molar-refractivity contribution in [2.24, 2.45) is 5.92 Å². The van der Waals surface area contributed by atoms with Gasteiger partial charge in [-0.05, 0) is 36.8 Å². The molecule has 1 aliphatic rings. The SMILES string of the molecule is CCOc1ccccc1N1CC(C(=O)NC(CC(=O)OC)c2cccc(Br)c2)CC1=O. The van der Waals surface area contributed by atoms with Gasteiger partial charge in [0.05, 0.1) is 37.8 Å². The second kappa shape index (κ2) is 10.4. The van der Waals surface area contributed by atoms with Crippen molar-refractivity contribution in [3.05, 3.63) is 58.6 Å². The van der Waals surface area contributed by atoms with E-state index in [4.69, 9.17) is 9.47 Å². The van der Waals surface area contributed by atoms with Crippen molar-refractivity contribution in [2.75, 3.05) is 25.2 Å². The Hall–Kier alpha value is -2.87. The normalized spacial score (nSPS) is 16.7. The number of methoxy groups -OCH3 is 1. The maximum Gasteiger partial charge on any atom is 0.307 e. The van der Waals surface area contributed by atoms with E-state index in [1.807, 2.05) is 49.4 Å². The number of hydrogen-bond donors (Lipinski definition) is 1. The minimum atomic E-state index is -0.558. The monoisotopic (exact) mass is 488 g/mol. The Labute approximate surface area is 189 Å². The molecule has 0 bridgehead atoms. The highest BCUT2D eigenvalue weighted by Gasteiger charge is 2.37. The molecule has 2 aromatic carbocycles. The van der Waals surface area contributed by atoms with Crippen molar-refractivity contribution in [1.29, 1.82) is 0 Å². The van der Waals surface area contributed by atoms with E-state index in [0.29, 0.717) is 18.0 Å². The first kappa shape index (κ1) is 22.8. The third-order valence-corrected chi connectivity index (χ3v) is 5.61. The van der Waals surface area contributed by atoms with E-state index in [1.165, 1.54) is 7.11 Å². The molecule has 31 heavy (non-hydrogen) atoms. The molecule has 0 radical (unpaired) electrons. The summed E-state index contributed by atoms with van der Waals surface area (Å²) in [6.07, 6.45) is 0.0893. The molecule has 1 N–H and O–H groups in total. The van der Waals surface area contributed by atoms with Gasteiger partial charge in [-0.3, -0.25) is 14.4 Å². The molecular formula is C23H25BrN2O5. The first-order chi connectivity index (χ1) is 14.9. The van der Waals surface area contributed by atoms with Crippen molar-refractivity contribution in [1.82, 2.24) is 5.32 Å². The minimum Gasteiger partial charge on any atom is -0.492 e. The van der Waals surface area contributed by atoms with Crippen molar-refractivity contribution in [3.63, 3.8) is 0 Å². The van der Waals surface area contributed by atoms with Gasteiger partial charge in [-0.15, -0.1) is 0 Å². The van der Waals surface area contributed by atoms with E-state index in [2.05, 4.69) is 21.2 Å². The molecule has 2 unspecified atom stereocenters. The number of carbonyl (C=O) groups excluding carboxylic acids is 3. The van der Waals surface area contributed by atoms with Crippen LogP contribution in [-0.2, 0) is 19.1 Å². The Morgan fingerprint density at radius 3 is 2.71 bits per heavy atom. The van der Waals surface area contributed by atoms with Crippen LogP contribution in [0.5, 0.6) is 5.75 Å². The molecule has 2 aromatic rings. The smallest absolute Gasteiger partial charge is 0.307 e. The van der Waals surface area contributed by atoms with Gasteiger partial charge in [-0.1, -0.05) is 40.2 Å². The van der Waals surface area contributed by atoms with Gasteiger partial charge in [0.2, 0.25) is 11.8 Å². The summed E-state index contributed by atoms with van der Waals surface area (Å²) in [5.74, 6) is -0.774.